The molecule has 150 valence electrons. The molecule has 1 heterocycles. The molecule has 0 amide bonds. The summed E-state index contributed by atoms with van der Waals surface area (Å²) in [5, 5.41) is 4.30. The van der Waals surface area contributed by atoms with Gasteiger partial charge in [-0.05, 0) is 35.9 Å². The maximum absolute atomic E-state index is 5.61. The van der Waals surface area contributed by atoms with E-state index in [1.165, 1.54) is 0 Å². The molecule has 0 fully saturated rings. The number of rotatable bonds is 8. The predicted molar refractivity (Wildman–Crippen MR) is 119 cm³/mol. The van der Waals surface area contributed by atoms with Crippen LogP contribution in [-0.2, 0) is 11.4 Å². The molecule has 0 bridgehead atoms. The number of nitrogens with zero attached hydrogens (tertiary/aromatic N) is 2. The number of aromatic nitrogens is 2. The third-order valence-electron chi connectivity index (χ3n) is 4.61. The number of benzene rings is 3. The number of hydrogen-bond donors (Lipinski definition) is 2. The topological polar surface area (TPSA) is 68.3 Å². The lowest BCUT2D eigenvalue weighted by Gasteiger charge is -2.15. The van der Waals surface area contributed by atoms with E-state index in [0.717, 1.165) is 33.5 Å². The molecular formula is C24H22N4O2. The van der Waals surface area contributed by atoms with Crippen molar-refractivity contribution in [3.8, 4) is 5.75 Å². The van der Waals surface area contributed by atoms with Crippen molar-refractivity contribution in [2.75, 3.05) is 12.4 Å². The minimum atomic E-state index is 0.424. The molecule has 30 heavy (non-hydrogen) atoms. The summed E-state index contributed by atoms with van der Waals surface area (Å²) in [6, 6.07) is 23.5. The van der Waals surface area contributed by atoms with E-state index in [-0.39, 0.29) is 0 Å². The Morgan fingerprint density at radius 2 is 1.77 bits per heavy atom. The smallest absolute Gasteiger partial charge is 0.141 e. The average Bonchev–Trinajstić information content (AvgIpc) is 2.80. The number of para-hydroxylation sites is 1. The van der Waals surface area contributed by atoms with E-state index in [0.29, 0.717) is 18.1 Å². The van der Waals surface area contributed by atoms with Crippen molar-refractivity contribution in [3.05, 3.63) is 96.8 Å². The van der Waals surface area contributed by atoms with E-state index in [2.05, 4.69) is 27.3 Å². The van der Waals surface area contributed by atoms with Crippen molar-refractivity contribution >= 4 is 28.1 Å². The number of methoxy groups -OCH3 is 1. The van der Waals surface area contributed by atoms with E-state index in [4.69, 9.17) is 9.57 Å². The average molecular weight is 398 g/mol. The highest BCUT2D eigenvalue weighted by molar-refractivity contribution is 5.90. The summed E-state index contributed by atoms with van der Waals surface area (Å²) in [4.78, 5) is 14.3. The van der Waals surface area contributed by atoms with Gasteiger partial charge in [-0.1, -0.05) is 49.0 Å². The molecule has 3 aromatic carbocycles. The van der Waals surface area contributed by atoms with E-state index in [1.54, 1.807) is 13.4 Å². The van der Waals surface area contributed by atoms with Crippen molar-refractivity contribution in [2.24, 2.45) is 0 Å². The first kappa shape index (κ1) is 19.4. The Morgan fingerprint density at radius 3 is 2.60 bits per heavy atom. The molecule has 0 aliphatic rings. The monoisotopic (exact) mass is 398 g/mol. The van der Waals surface area contributed by atoms with Crippen molar-refractivity contribution in [3.63, 3.8) is 0 Å². The maximum atomic E-state index is 5.61. The molecule has 4 aromatic rings. The number of fused-ring (bicyclic) bond motifs is 1. The van der Waals surface area contributed by atoms with Gasteiger partial charge >= 0.3 is 0 Å². The second-order valence-electron chi connectivity index (χ2n) is 6.63. The Balaban J connectivity index is 1.52. The number of hydrogen-bond acceptors (Lipinski definition) is 6. The largest absolute Gasteiger partial charge is 0.496 e. The van der Waals surface area contributed by atoms with Crippen molar-refractivity contribution in [1.82, 2.24) is 15.4 Å². The van der Waals surface area contributed by atoms with Gasteiger partial charge in [-0.3, -0.25) is 10.3 Å². The second kappa shape index (κ2) is 9.07. The summed E-state index contributed by atoms with van der Waals surface area (Å²) in [7, 11) is 1.63. The van der Waals surface area contributed by atoms with E-state index in [1.807, 2.05) is 72.8 Å². The summed E-state index contributed by atoms with van der Waals surface area (Å²) >= 11 is 0. The molecule has 0 aliphatic heterocycles. The van der Waals surface area contributed by atoms with Crippen LogP contribution in [0.5, 0.6) is 5.75 Å². The lowest BCUT2D eigenvalue weighted by molar-refractivity contribution is 0.0647. The lowest BCUT2D eigenvalue weighted by Crippen LogP contribution is -2.13. The van der Waals surface area contributed by atoms with Crippen LogP contribution in [0.25, 0.3) is 16.6 Å². The highest BCUT2D eigenvalue weighted by Gasteiger charge is 2.10. The summed E-state index contributed by atoms with van der Waals surface area (Å²) in [5.41, 5.74) is 7.09. The zero-order chi connectivity index (χ0) is 20.8. The van der Waals surface area contributed by atoms with Gasteiger partial charge in [0.25, 0.3) is 0 Å². The van der Waals surface area contributed by atoms with Crippen LogP contribution < -0.4 is 15.5 Å². The number of hydroxylamine groups is 1. The number of nitrogens with one attached hydrogen (secondary N) is 2. The van der Waals surface area contributed by atoms with Crippen LogP contribution in [0, 0.1) is 0 Å². The Labute approximate surface area is 175 Å². The molecule has 0 spiro atoms. The van der Waals surface area contributed by atoms with Crippen LogP contribution in [0.3, 0.4) is 0 Å². The lowest BCUT2D eigenvalue weighted by atomic mass is 10.1. The van der Waals surface area contributed by atoms with Gasteiger partial charge in [0.05, 0.1) is 24.9 Å². The molecule has 1 aromatic heterocycles. The predicted octanol–water partition coefficient (Wildman–Crippen LogP) is 5.07. The van der Waals surface area contributed by atoms with Gasteiger partial charge in [0.15, 0.2) is 0 Å². The highest BCUT2D eigenvalue weighted by Crippen LogP contribution is 2.30. The van der Waals surface area contributed by atoms with E-state index < -0.39 is 0 Å². The Morgan fingerprint density at radius 1 is 0.967 bits per heavy atom. The van der Waals surface area contributed by atoms with Crippen LogP contribution in [-0.4, -0.2) is 17.1 Å². The van der Waals surface area contributed by atoms with E-state index >= 15 is 0 Å². The Bertz CT molecular complexity index is 1160. The number of ether oxygens (including phenoxy) is 1. The minimum absolute atomic E-state index is 0.424. The molecule has 4 rings (SSSR count). The van der Waals surface area contributed by atoms with Crippen LogP contribution >= 0.6 is 0 Å². The Hall–Kier alpha value is -3.90. The summed E-state index contributed by atoms with van der Waals surface area (Å²) in [5.74, 6) is 1.42. The van der Waals surface area contributed by atoms with Gasteiger partial charge in [0.2, 0.25) is 0 Å². The normalized spacial score (nSPS) is 10.6. The quantitative estimate of drug-likeness (QED) is 0.404. The van der Waals surface area contributed by atoms with Gasteiger partial charge in [0.1, 0.15) is 17.9 Å². The van der Waals surface area contributed by atoms with Gasteiger partial charge in [0, 0.05) is 16.6 Å². The fourth-order valence-corrected chi connectivity index (χ4v) is 3.10. The zero-order valence-electron chi connectivity index (χ0n) is 16.6. The molecular weight excluding hydrogens is 376 g/mol. The van der Waals surface area contributed by atoms with Crippen molar-refractivity contribution in [1.29, 1.82) is 0 Å². The molecule has 0 saturated heterocycles. The van der Waals surface area contributed by atoms with Gasteiger partial charge in [-0.15, -0.1) is 0 Å². The van der Waals surface area contributed by atoms with Crippen LogP contribution in [0.2, 0.25) is 0 Å². The van der Waals surface area contributed by atoms with Crippen LogP contribution in [0.4, 0.5) is 11.5 Å². The maximum Gasteiger partial charge on any atom is 0.141 e. The Kier molecular flexibility index (Phi) is 5.87. The number of anilines is 2. The van der Waals surface area contributed by atoms with Crippen LogP contribution in [0.1, 0.15) is 11.1 Å². The standard InChI is InChI=1S/C24H22N4O2/c1-17(28-30-15-18-8-4-3-5-9-18)21-14-19(12-13-23(21)29-2)27-24-20-10-6-7-11-22(20)25-16-26-24/h3-14,16,28H,1,15H2,2H3,(H,25,26,27). The summed E-state index contributed by atoms with van der Waals surface area (Å²) in [6.45, 7) is 4.52. The van der Waals surface area contributed by atoms with Crippen molar-refractivity contribution in [2.45, 2.75) is 6.61 Å². The summed E-state index contributed by atoms with van der Waals surface area (Å²) < 4.78 is 5.50. The molecule has 0 radical (unpaired) electrons. The fraction of sp³-hybridized carbons (Fsp3) is 0.0833. The van der Waals surface area contributed by atoms with Crippen LogP contribution in [0.15, 0.2) is 85.7 Å². The van der Waals surface area contributed by atoms with Crippen molar-refractivity contribution < 1.29 is 9.57 Å². The third-order valence-corrected chi connectivity index (χ3v) is 4.61. The third kappa shape index (κ3) is 4.39. The second-order valence-corrected chi connectivity index (χ2v) is 6.63. The summed E-state index contributed by atoms with van der Waals surface area (Å²) in [6.07, 6.45) is 1.55. The first-order chi connectivity index (χ1) is 14.7. The molecule has 0 aliphatic carbocycles. The zero-order valence-corrected chi connectivity index (χ0v) is 16.6. The first-order valence-electron chi connectivity index (χ1n) is 9.50. The molecule has 0 unspecified atom stereocenters. The molecule has 6 nitrogen and oxygen atoms in total. The van der Waals surface area contributed by atoms with Gasteiger partial charge in [-0.2, -0.15) is 0 Å². The van der Waals surface area contributed by atoms with Gasteiger partial charge in [-0.25, -0.2) is 9.97 Å². The van der Waals surface area contributed by atoms with E-state index in [9.17, 15) is 0 Å². The first-order valence-corrected chi connectivity index (χ1v) is 9.50. The SMILES string of the molecule is C=C(NOCc1ccccc1)c1cc(Nc2ncnc3ccccc23)ccc1OC. The minimum Gasteiger partial charge on any atom is -0.496 e. The molecule has 6 heteroatoms. The fourth-order valence-electron chi connectivity index (χ4n) is 3.10. The molecule has 0 atom stereocenters. The molecule has 2 N–H and O–H groups in total. The van der Waals surface area contributed by atoms with Gasteiger partial charge < -0.3 is 10.1 Å². The highest BCUT2D eigenvalue weighted by atomic mass is 16.6. The molecule has 0 saturated carbocycles.